The Balaban J connectivity index is 3.86. The molecule has 0 aliphatic heterocycles. The number of hydrogen-bond donors (Lipinski definition) is 1. The van der Waals surface area contributed by atoms with Crippen LogP contribution in [0.25, 0.3) is 0 Å². The molecule has 0 heterocycles. The molecule has 0 spiro atoms. The summed E-state index contributed by atoms with van der Waals surface area (Å²) in [5.74, 6) is -1.11. The summed E-state index contributed by atoms with van der Waals surface area (Å²) in [6.07, 6.45) is -0.101. The van der Waals surface area contributed by atoms with E-state index < -0.39 is 18.0 Å². The van der Waals surface area contributed by atoms with Gasteiger partial charge in [-0.25, -0.2) is 4.79 Å². The van der Waals surface area contributed by atoms with Crippen LogP contribution in [0.1, 0.15) is 6.42 Å². The van der Waals surface area contributed by atoms with Gasteiger partial charge in [-0.2, -0.15) is 0 Å². The molecule has 0 bridgehead atoms. The van der Waals surface area contributed by atoms with Crippen LogP contribution >= 0.6 is 0 Å². The fourth-order valence-electron chi connectivity index (χ4n) is 0.510. The van der Waals surface area contributed by atoms with E-state index in [1.807, 2.05) is 0 Å². The van der Waals surface area contributed by atoms with Crippen LogP contribution in [-0.4, -0.2) is 31.9 Å². The number of ether oxygens (including phenoxy) is 1. The molecule has 0 unspecified atom stereocenters. The fraction of sp³-hybridized carbons (Fsp3) is 0.500. The highest BCUT2D eigenvalue weighted by Gasteiger charge is 2.27. The van der Waals surface area contributed by atoms with E-state index in [2.05, 4.69) is 21.7 Å². The average Bonchev–Trinajstić information content (AvgIpc) is 2.02. The predicted octanol–water partition coefficient (Wildman–Crippen LogP) is -1.95. The molecule has 0 aromatic rings. The number of carbonyl (C=O) groups excluding carboxylic acids is 3. The van der Waals surface area contributed by atoms with E-state index in [9.17, 15) is 9.59 Å². The number of rotatable bonds is 3. The third kappa shape index (κ3) is 3.47. The molecule has 0 aromatic heterocycles. The number of quaternary nitrogens is 1. The number of methoxy groups -OCH3 is 1. The van der Waals surface area contributed by atoms with Crippen molar-refractivity contribution >= 4 is 18.7 Å². The quantitative estimate of drug-likeness (QED) is 0.386. The Kier molecular flexibility index (Phi) is 4.05. The minimum atomic E-state index is -0.714. The van der Waals surface area contributed by atoms with Crippen LogP contribution in [0.5, 0.6) is 0 Å². The van der Waals surface area contributed by atoms with E-state index in [0.717, 1.165) is 0 Å². The molecular formula is C6H11NO4+2. The van der Waals surface area contributed by atoms with Crippen LogP contribution < -0.4 is 5.73 Å². The maximum Gasteiger partial charge on any atom is 0.585 e. The summed E-state index contributed by atoms with van der Waals surface area (Å²) < 4.78 is 8.41. The van der Waals surface area contributed by atoms with Crippen molar-refractivity contribution < 1.29 is 24.5 Å². The summed E-state index contributed by atoms with van der Waals surface area (Å²) >= 11 is 0. The molecule has 1 atom stereocenters. The smallest absolute Gasteiger partial charge is 0.465 e. The first-order valence-electron chi connectivity index (χ1n) is 2.97. The second kappa shape index (κ2) is 4.56. The lowest BCUT2D eigenvalue weighted by Crippen LogP contribution is -2.65. The molecule has 0 aliphatic rings. The Hall–Kier alpha value is -1.23. The first kappa shape index (κ1) is 9.77. The molecule has 0 amide bonds. The van der Waals surface area contributed by atoms with Crippen LogP contribution in [0.15, 0.2) is 0 Å². The van der Waals surface area contributed by atoms with Crippen molar-refractivity contribution in [3.05, 3.63) is 0 Å². The van der Waals surface area contributed by atoms with Gasteiger partial charge in [-0.15, -0.1) is 0 Å². The monoisotopic (exact) mass is 161 g/mol. The zero-order valence-corrected chi connectivity index (χ0v) is 6.33. The number of carbonyl (C=O) groups is 2. The summed E-state index contributed by atoms with van der Waals surface area (Å²) in [4.78, 5) is 21.2. The lowest BCUT2D eigenvalue weighted by molar-refractivity contribution is -0.420. The third-order valence-corrected chi connectivity index (χ3v) is 1.11. The van der Waals surface area contributed by atoms with Crippen molar-refractivity contribution in [3.63, 3.8) is 0 Å². The van der Waals surface area contributed by atoms with Gasteiger partial charge in [0.05, 0.1) is 7.11 Å². The molecule has 5 heteroatoms. The van der Waals surface area contributed by atoms with Crippen molar-refractivity contribution in [1.82, 2.24) is 0 Å². The van der Waals surface area contributed by atoms with Crippen LogP contribution in [0.3, 0.4) is 0 Å². The molecule has 5 nitrogen and oxygen atoms in total. The van der Waals surface area contributed by atoms with E-state index >= 15 is 0 Å². The Morgan fingerprint density at radius 2 is 2.27 bits per heavy atom. The molecule has 0 radical (unpaired) electrons. The highest BCUT2D eigenvalue weighted by Crippen LogP contribution is 1.88. The van der Waals surface area contributed by atoms with E-state index in [0.29, 0.717) is 0 Å². The van der Waals surface area contributed by atoms with Gasteiger partial charge < -0.3 is 10.5 Å². The molecular weight excluding hydrogens is 150 g/mol. The van der Waals surface area contributed by atoms with E-state index in [-0.39, 0.29) is 6.42 Å². The average molecular weight is 161 g/mol. The number of hydrogen-bond acceptors (Lipinski definition) is 3. The Bertz CT molecular complexity index is 177. The summed E-state index contributed by atoms with van der Waals surface area (Å²) in [5, 5.41) is 0. The van der Waals surface area contributed by atoms with Crippen molar-refractivity contribution in [1.29, 1.82) is 0 Å². The Labute approximate surface area is 63.8 Å². The summed E-state index contributed by atoms with van der Waals surface area (Å²) in [7, 11) is 1.23. The molecule has 0 rings (SSSR count). The Morgan fingerprint density at radius 3 is 2.64 bits per heavy atom. The van der Waals surface area contributed by atoms with Gasteiger partial charge in [0.2, 0.25) is 0 Å². The van der Waals surface area contributed by atoms with Crippen molar-refractivity contribution in [2.75, 3.05) is 7.11 Å². The van der Waals surface area contributed by atoms with Gasteiger partial charge in [0.1, 0.15) is 0 Å². The van der Waals surface area contributed by atoms with Crippen molar-refractivity contribution in [2.24, 2.45) is 0 Å². The van der Waals surface area contributed by atoms with Crippen LogP contribution in [0.2, 0.25) is 0 Å². The summed E-state index contributed by atoms with van der Waals surface area (Å²) in [6.45, 7) is 2.89. The highest BCUT2D eigenvalue weighted by atomic mass is 16.5. The zero-order valence-electron chi connectivity index (χ0n) is 6.33. The molecule has 0 fully saturated rings. The lowest BCUT2D eigenvalue weighted by Gasteiger charge is -1.98. The van der Waals surface area contributed by atoms with Crippen molar-refractivity contribution in [2.45, 2.75) is 12.5 Å². The van der Waals surface area contributed by atoms with E-state index in [4.69, 9.17) is 0 Å². The van der Waals surface area contributed by atoms with Crippen LogP contribution in [-0.2, 0) is 18.8 Å². The normalized spacial score (nSPS) is 11.8. The van der Waals surface area contributed by atoms with Crippen LogP contribution in [0, 0.1) is 0 Å². The Morgan fingerprint density at radius 1 is 1.73 bits per heavy atom. The molecule has 0 aromatic carbocycles. The maximum atomic E-state index is 10.7. The van der Waals surface area contributed by atoms with Gasteiger partial charge in [0.25, 0.3) is 0 Å². The van der Waals surface area contributed by atoms with Crippen LogP contribution in [0.4, 0.5) is 0 Å². The summed E-state index contributed by atoms with van der Waals surface area (Å²) in [6, 6.07) is -0.714. The molecule has 11 heavy (non-hydrogen) atoms. The molecule has 0 saturated carbocycles. The van der Waals surface area contributed by atoms with E-state index in [1.165, 1.54) is 7.11 Å². The van der Waals surface area contributed by atoms with Gasteiger partial charge in [-0.05, 0) is 0 Å². The third-order valence-electron chi connectivity index (χ3n) is 1.11. The van der Waals surface area contributed by atoms with Gasteiger partial charge in [0, 0.05) is 4.79 Å². The molecule has 0 aliphatic carbocycles. The highest BCUT2D eigenvalue weighted by molar-refractivity contribution is 5.80. The predicted molar refractivity (Wildman–Crippen MR) is 35.4 cm³/mol. The standard InChI is InChI=1S/C6H10NO4/c1-10-5(8)3-4(7)6(9)11-2/h4H,1,3,7H2,2H3/q+1/p+1/t4-/m0/s1. The van der Waals surface area contributed by atoms with Crippen molar-refractivity contribution in [3.8, 4) is 0 Å². The van der Waals surface area contributed by atoms with Gasteiger partial charge in [-0.3, -0.25) is 4.42 Å². The minimum absolute atomic E-state index is 0.101. The minimum Gasteiger partial charge on any atom is -0.465 e. The fourth-order valence-corrected chi connectivity index (χ4v) is 0.510. The number of esters is 1. The topological polar surface area (TPSA) is 82.3 Å². The van der Waals surface area contributed by atoms with Gasteiger partial charge in [0.15, 0.2) is 19.3 Å². The molecule has 0 saturated heterocycles. The lowest BCUT2D eigenvalue weighted by atomic mass is 10.2. The maximum absolute atomic E-state index is 10.7. The second-order valence-corrected chi connectivity index (χ2v) is 1.94. The van der Waals surface area contributed by atoms with Gasteiger partial charge in [-0.1, -0.05) is 0 Å². The largest absolute Gasteiger partial charge is 0.585 e. The molecule has 3 N–H and O–H groups in total. The zero-order chi connectivity index (χ0) is 8.85. The first-order valence-corrected chi connectivity index (χ1v) is 2.97. The second-order valence-electron chi connectivity index (χ2n) is 1.94. The van der Waals surface area contributed by atoms with Gasteiger partial charge >= 0.3 is 11.9 Å². The molecule has 62 valence electrons. The first-order chi connectivity index (χ1) is 5.11. The van der Waals surface area contributed by atoms with E-state index in [1.54, 1.807) is 0 Å². The summed E-state index contributed by atoms with van der Waals surface area (Å²) in [5.41, 5.74) is 3.39. The SMILES string of the molecule is C=[O+]C(=O)C[C@H]([NH3+])C(=O)OC.